The maximum Gasteiger partial charge on any atom is 0.139 e. The molecular weight excluding hydrogens is 323 g/mol. The highest BCUT2D eigenvalue weighted by atomic mass is 32.1. The minimum atomic E-state index is -0.242. The fourth-order valence-electron chi connectivity index (χ4n) is 3.14. The number of thiophene rings is 1. The Hall–Kier alpha value is -1.92. The number of aryl methyl sites for hydroxylation is 1. The molecule has 1 aromatic carbocycles. The lowest BCUT2D eigenvalue weighted by molar-refractivity contribution is 0.216. The Morgan fingerprint density at radius 2 is 2.00 bits per heavy atom. The standard InChI is InChI=1S/C18H21FN4S/c1-3-13-11-14-17(23-8-6-22(2)7-9-23)20-15-5-4-12(19)10-16(15)21-18(14)24-13/h4-5,10-11,21H,3,6-9H2,1-2H3. The van der Waals surface area contributed by atoms with Gasteiger partial charge in [-0.05, 0) is 37.7 Å². The van der Waals surface area contributed by atoms with Crippen LogP contribution in [0.2, 0.25) is 0 Å². The van der Waals surface area contributed by atoms with Crippen molar-refractivity contribution in [1.82, 2.24) is 9.80 Å². The van der Waals surface area contributed by atoms with Crippen LogP contribution < -0.4 is 5.32 Å². The fraction of sp³-hybridized carbons (Fsp3) is 0.389. The molecule has 0 unspecified atom stereocenters. The SMILES string of the molecule is CCc1cc2c(s1)Nc1cc(F)ccc1N=C2N1CCN(C)CC1. The summed E-state index contributed by atoms with van der Waals surface area (Å²) >= 11 is 1.73. The zero-order chi connectivity index (χ0) is 16.7. The minimum absolute atomic E-state index is 0.242. The Balaban J connectivity index is 1.81. The average Bonchev–Trinajstić information content (AvgIpc) is 2.92. The molecule has 0 bridgehead atoms. The van der Waals surface area contributed by atoms with E-state index in [9.17, 15) is 4.39 Å². The first-order valence-corrected chi connectivity index (χ1v) is 9.17. The molecule has 3 heterocycles. The van der Waals surface area contributed by atoms with Gasteiger partial charge < -0.3 is 15.1 Å². The summed E-state index contributed by atoms with van der Waals surface area (Å²) in [6, 6.07) is 6.99. The van der Waals surface area contributed by atoms with E-state index in [1.54, 1.807) is 17.4 Å². The first kappa shape index (κ1) is 15.6. The molecule has 1 fully saturated rings. The summed E-state index contributed by atoms with van der Waals surface area (Å²) in [5.74, 6) is 0.764. The number of benzene rings is 1. The number of piperazine rings is 1. The summed E-state index contributed by atoms with van der Waals surface area (Å²) in [4.78, 5) is 10.9. The van der Waals surface area contributed by atoms with Crippen LogP contribution in [0.5, 0.6) is 0 Å². The van der Waals surface area contributed by atoms with Gasteiger partial charge in [-0.2, -0.15) is 0 Å². The number of fused-ring (bicyclic) bond motifs is 2. The smallest absolute Gasteiger partial charge is 0.139 e. The van der Waals surface area contributed by atoms with Crippen LogP contribution in [0.3, 0.4) is 0 Å². The minimum Gasteiger partial charge on any atom is -0.353 e. The zero-order valence-electron chi connectivity index (χ0n) is 14.0. The highest BCUT2D eigenvalue weighted by molar-refractivity contribution is 7.16. The summed E-state index contributed by atoms with van der Waals surface area (Å²) in [5.41, 5.74) is 2.68. The molecule has 6 heteroatoms. The third-order valence-corrected chi connectivity index (χ3v) is 5.80. The molecule has 126 valence electrons. The molecule has 2 aromatic rings. The van der Waals surface area contributed by atoms with Crippen LogP contribution in [-0.2, 0) is 6.42 Å². The number of aliphatic imine (C=N–C) groups is 1. The summed E-state index contributed by atoms with van der Waals surface area (Å²) in [5, 5.41) is 4.47. The molecule has 0 saturated carbocycles. The van der Waals surface area contributed by atoms with Crippen LogP contribution in [0.4, 0.5) is 20.8 Å². The van der Waals surface area contributed by atoms with Crippen LogP contribution in [0, 0.1) is 5.82 Å². The van der Waals surface area contributed by atoms with Crippen LogP contribution in [0.15, 0.2) is 29.3 Å². The van der Waals surface area contributed by atoms with Crippen LogP contribution in [0.25, 0.3) is 0 Å². The second-order valence-electron chi connectivity index (χ2n) is 6.32. The lowest BCUT2D eigenvalue weighted by atomic mass is 10.2. The van der Waals surface area contributed by atoms with Crippen molar-refractivity contribution < 1.29 is 4.39 Å². The van der Waals surface area contributed by atoms with E-state index < -0.39 is 0 Å². The van der Waals surface area contributed by atoms with Crippen LogP contribution in [0.1, 0.15) is 17.4 Å². The number of hydrogen-bond donors (Lipinski definition) is 1. The van der Waals surface area contributed by atoms with Crippen molar-refractivity contribution in [1.29, 1.82) is 0 Å². The third kappa shape index (κ3) is 2.80. The number of nitrogens with one attached hydrogen (secondary N) is 1. The quantitative estimate of drug-likeness (QED) is 0.853. The monoisotopic (exact) mass is 344 g/mol. The second kappa shape index (κ2) is 6.18. The van der Waals surface area contributed by atoms with Gasteiger partial charge in [0.25, 0.3) is 0 Å². The first-order chi connectivity index (χ1) is 11.6. The third-order valence-electron chi connectivity index (χ3n) is 4.61. The number of amidine groups is 1. The van der Waals surface area contributed by atoms with Gasteiger partial charge in [-0.1, -0.05) is 6.92 Å². The molecule has 1 saturated heterocycles. The van der Waals surface area contributed by atoms with Crippen molar-refractivity contribution in [2.45, 2.75) is 13.3 Å². The molecule has 1 aromatic heterocycles. The Bertz CT molecular complexity index is 790. The average molecular weight is 344 g/mol. The van der Waals surface area contributed by atoms with E-state index in [-0.39, 0.29) is 5.82 Å². The summed E-state index contributed by atoms with van der Waals surface area (Å²) in [7, 11) is 2.15. The fourth-order valence-corrected chi connectivity index (χ4v) is 4.14. The highest BCUT2D eigenvalue weighted by Gasteiger charge is 2.25. The number of hydrogen-bond acceptors (Lipinski definition) is 5. The molecule has 1 N–H and O–H groups in total. The first-order valence-electron chi connectivity index (χ1n) is 8.36. The molecule has 24 heavy (non-hydrogen) atoms. The number of anilines is 2. The Morgan fingerprint density at radius 3 is 2.75 bits per heavy atom. The van der Waals surface area contributed by atoms with Gasteiger partial charge >= 0.3 is 0 Å². The summed E-state index contributed by atoms with van der Waals surface area (Å²) < 4.78 is 13.7. The highest BCUT2D eigenvalue weighted by Crippen LogP contribution is 2.39. The van der Waals surface area contributed by atoms with Crippen LogP contribution in [-0.4, -0.2) is 48.9 Å². The van der Waals surface area contributed by atoms with Gasteiger partial charge in [0, 0.05) is 31.1 Å². The van der Waals surface area contributed by atoms with Crippen LogP contribution >= 0.6 is 11.3 Å². The Kier molecular flexibility index (Phi) is 4.02. The molecule has 0 radical (unpaired) electrons. The van der Waals surface area contributed by atoms with E-state index in [0.717, 1.165) is 60.4 Å². The van der Waals surface area contributed by atoms with E-state index in [2.05, 4.69) is 35.2 Å². The van der Waals surface area contributed by atoms with Gasteiger partial charge in [-0.15, -0.1) is 11.3 Å². The predicted molar refractivity (Wildman–Crippen MR) is 98.6 cm³/mol. The molecule has 2 aliphatic rings. The normalized spacial score (nSPS) is 17.6. The van der Waals surface area contributed by atoms with E-state index in [0.29, 0.717) is 0 Å². The molecule has 0 amide bonds. The number of nitrogens with zero attached hydrogens (tertiary/aromatic N) is 3. The summed E-state index contributed by atoms with van der Waals surface area (Å²) in [6.45, 7) is 6.14. The van der Waals surface area contributed by atoms with Gasteiger partial charge in [0.2, 0.25) is 0 Å². The van der Waals surface area contributed by atoms with Gasteiger partial charge in [0.15, 0.2) is 0 Å². The van der Waals surface area contributed by atoms with Gasteiger partial charge in [0.05, 0.1) is 16.9 Å². The second-order valence-corrected chi connectivity index (χ2v) is 7.46. The van der Waals surface area contributed by atoms with Crippen molar-refractivity contribution in [3.05, 3.63) is 40.5 Å². The largest absolute Gasteiger partial charge is 0.353 e. The molecular formula is C18H21FN4S. The van der Waals surface area contributed by atoms with Crippen molar-refractivity contribution >= 4 is 33.5 Å². The van der Waals surface area contributed by atoms with Crippen molar-refractivity contribution in [2.24, 2.45) is 4.99 Å². The number of halogens is 1. The van der Waals surface area contributed by atoms with Gasteiger partial charge in [0.1, 0.15) is 16.7 Å². The molecule has 0 spiro atoms. The molecule has 2 aliphatic heterocycles. The molecule has 0 aliphatic carbocycles. The summed E-state index contributed by atoms with van der Waals surface area (Å²) in [6.07, 6.45) is 0.991. The van der Waals surface area contributed by atoms with Gasteiger partial charge in [-0.25, -0.2) is 9.38 Å². The van der Waals surface area contributed by atoms with Crippen molar-refractivity contribution in [3.8, 4) is 0 Å². The van der Waals surface area contributed by atoms with Crippen molar-refractivity contribution in [2.75, 3.05) is 38.5 Å². The number of rotatable bonds is 1. The zero-order valence-corrected chi connectivity index (χ0v) is 14.8. The maximum absolute atomic E-state index is 13.7. The molecule has 4 nitrogen and oxygen atoms in total. The maximum atomic E-state index is 13.7. The van der Waals surface area contributed by atoms with Crippen molar-refractivity contribution in [3.63, 3.8) is 0 Å². The predicted octanol–water partition coefficient (Wildman–Crippen LogP) is 3.83. The van der Waals surface area contributed by atoms with E-state index in [1.807, 2.05) is 0 Å². The Morgan fingerprint density at radius 1 is 1.21 bits per heavy atom. The van der Waals surface area contributed by atoms with E-state index in [1.165, 1.54) is 17.0 Å². The number of likely N-dealkylation sites (N-methyl/N-ethyl adjacent to an activating group) is 1. The van der Waals surface area contributed by atoms with E-state index in [4.69, 9.17) is 4.99 Å². The topological polar surface area (TPSA) is 30.9 Å². The lowest BCUT2D eigenvalue weighted by Gasteiger charge is -2.34. The van der Waals surface area contributed by atoms with Gasteiger partial charge in [-0.3, -0.25) is 0 Å². The van der Waals surface area contributed by atoms with E-state index >= 15 is 0 Å². The molecule has 4 rings (SSSR count). The lowest BCUT2D eigenvalue weighted by Crippen LogP contribution is -2.47. The Labute approximate surface area is 145 Å². The molecule has 0 atom stereocenters.